The van der Waals surface area contributed by atoms with E-state index in [1.54, 1.807) is 6.07 Å². The second kappa shape index (κ2) is 6.15. The van der Waals surface area contributed by atoms with E-state index in [9.17, 15) is 4.79 Å². The Morgan fingerprint density at radius 1 is 1.37 bits per heavy atom. The van der Waals surface area contributed by atoms with Crippen LogP contribution in [0.3, 0.4) is 0 Å². The third kappa shape index (κ3) is 3.42. The molecule has 0 aliphatic carbocycles. The fraction of sp³-hybridized carbons (Fsp3) is 0.286. The average Bonchev–Trinajstić information content (AvgIpc) is 2.95. The molecule has 1 aromatic carbocycles. The summed E-state index contributed by atoms with van der Waals surface area (Å²) in [6, 6.07) is 11.4. The number of carbonyl (C=O) groups is 1. The molecule has 19 heavy (non-hydrogen) atoms. The van der Waals surface area contributed by atoms with Crippen LogP contribution in [0, 0.1) is 0 Å². The van der Waals surface area contributed by atoms with Gasteiger partial charge in [-0.3, -0.25) is 4.79 Å². The summed E-state index contributed by atoms with van der Waals surface area (Å²) in [5, 5.41) is 9.62. The minimum Gasteiger partial charge on any atom is -0.355 e. The number of hydrogen-bond acceptors (Lipinski definition) is 4. The zero-order valence-corrected chi connectivity index (χ0v) is 11.0. The summed E-state index contributed by atoms with van der Waals surface area (Å²) < 4.78 is 5.18. The fourth-order valence-electron chi connectivity index (χ4n) is 1.56. The van der Waals surface area contributed by atoms with Crippen molar-refractivity contribution in [3.8, 4) is 11.3 Å². The smallest absolute Gasteiger partial charge is 0.273 e. The molecule has 0 fully saturated rings. The van der Waals surface area contributed by atoms with Gasteiger partial charge in [0.1, 0.15) is 0 Å². The number of aromatic nitrogens is 1. The van der Waals surface area contributed by atoms with Crippen LogP contribution in [0.4, 0.5) is 0 Å². The Labute approximate surface area is 112 Å². The summed E-state index contributed by atoms with van der Waals surface area (Å²) >= 11 is 0. The van der Waals surface area contributed by atoms with E-state index in [0.717, 1.165) is 5.56 Å². The number of amides is 1. The highest BCUT2D eigenvalue weighted by Gasteiger charge is 2.13. The molecular formula is C14H17N3O2. The number of carbonyl (C=O) groups excluding carboxylic acids is 1. The first-order valence-corrected chi connectivity index (χ1v) is 6.18. The van der Waals surface area contributed by atoms with Crippen LogP contribution >= 0.6 is 0 Å². The molecule has 0 saturated heterocycles. The van der Waals surface area contributed by atoms with Crippen LogP contribution < -0.4 is 10.6 Å². The predicted octanol–water partition coefficient (Wildman–Crippen LogP) is 1.68. The molecule has 0 radical (unpaired) electrons. The zero-order chi connectivity index (χ0) is 13.7. The van der Waals surface area contributed by atoms with Crippen molar-refractivity contribution in [2.75, 3.05) is 13.6 Å². The Bertz CT molecular complexity index is 537. The van der Waals surface area contributed by atoms with Gasteiger partial charge >= 0.3 is 0 Å². The maximum atomic E-state index is 11.8. The average molecular weight is 259 g/mol. The molecule has 5 heteroatoms. The molecule has 5 nitrogen and oxygen atoms in total. The van der Waals surface area contributed by atoms with E-state index in [1.807, 2.05) is 44.3 Å². The first-order valence-electron chi connectivity index (χ1n) is 6.18. The topological polar surface area (TPSA) is 67.2 Å². The van der Waals surface area contributed by atoms with E-state index < -0.39 is 0 Å². The second-order valence-corrected chi connectivity index (χ2v) is 4.34. The first kappa shape index (κ1) is 13.3. The van der Waals surface area contributed by atoms with Gasteiger partial charge in [-0.2, -0.15) is 0 Å². The minimum atomic E-state index is -0.229. The summed E-state index contributed by atoms with van der Waals surface area (Å²) in [6.45, 7) is 2.53. The molecule has 2 rings (SSSR count). The standard InChI is InChI=1S/C14H17N3O2/c1-10(15-2)9-16-14(18)12-8-13(19-17-12)11-6-4-3-5-7-11/h3-8,10,15H,9H2,1-2H3,(H,16,18). The second-order valence-electron chi connectivity index (χ2n) is 4.34. The van der Waals surface area contributed by atoms with Crippen LogP contribution in [-0.2, 0) is 0 Å². The summed E-state index contributed by atoms with van der Waals surface area (Å²) in [5.41, 5.74) is 1.19. The van der Waals surface area contributed by atoms with Gasteiger partial charge in [0.05, 0.1) is 0 Å². The largest absolute Gasteiger partial charge is 0.355 e. The fourth-order valence-corrected chi connectivity index (χ4v) is 1.56. The quantitative estimate of drug-likeness (QED) is 0.857. The van der Waals surface area contributed by atoms with Crippen molar-refractivity contribution in [3.05, 3.63) is 42.1 Å². The lowest BCUT2D eigenvalue weighted by Crippen LogP contribution is -2.37. The maximum absolute atomic E-state index is 11.8. The lowest BCUT2D eigenvalue weighted by molar-refractivity contribution is 0.0941. The van der Waals surface area contributed by atoms with Crippen LogP contribution in [-0.4, -0.2) is 30.7 Å². The molecule has 0 saturated carbocycles. The maximum Gasteiger partial charge on any atom is 0.273 e. The molecule has 2 aromatic rings. The number of benzene rings is 1. The highest BCUT2D eigenvalue weighted by molar-refractivity contribution is 5.93. The highest BCUT2D eigenvalue weighted by atomic mass is 16.5. The van der Waals surface area contributed by atoms with Crippen molar-refractivity contribution in [2.45, 2.75) is 13.0 Å². The number of likely N-dealkylation sites (N-methyl/N-ethyl adjacent to an activating group) is 1. The van der Waals surface area contributed by atoms with Crippen molar-refractivity contribution >= 4 is 5.91 Å². The van der Waals surface area contributed by atoms with Gasteiger partial charge in [-0.25, -0.2) is 0 Å². The highest BCUT2D eigenvalue weighted by Crippen LogP contribution is 2.19. The van der Waals surface area contributed by atoms with Gasteiger partial charge in [0.2, 0.25) is 0 Å². The third-order valence-electron chi connectivity index (χ3n) is 2.86. The Hall–Kier alpha value is -2.14. The van der Waals surface area contributed by atoms with Gasteiger partial charge in [-0.1, -0.05) is 35.5 Å². The number of nitrogens with zero attached hydrogens (tertiary/aromatic N) is 1. The predicted molar refractivity (Wildman–Crippen MR) is 72.8 cm³/mol. The molecule has 1 atom stereocenters. The molecule has 2 N–H and O–H groups in total. The van der Waals surface area contributed by atoms with Crippen molar-refractivity contribution in [3.63, 3.8) is 0 Å². The Morgan fingerprint density at radius 2 is 2.11 bits per heavy atom. The SMILES string of the molecule is CNC(C)CNC(=O)c1cc(-c2ccccc2)on1. The van der Waals surface area contributed by atoms with Crippen LogP contribution in [0.2, 0.25) is 0 Å². The first-order chi connectivity index (χ1) is 9.20. The lowest BCUT2D eigenvalue weighted by Gasteiger charge is -2.09. The van der Waals surface area contributed by atoms with E-state index in [1.165, 1.54) is 0 Å². The summed E-state index contributed by atoms with van der Waals surface area (Å²) in [7, 11) is 1.85. The molecule has 1 heterocycles. The summed E-state index contributed by atoms with van der Waals surface area (Å²) in [6.07, 6.45) is 0. The normalized spacial score (nSPS) is 12.1. The van der Waals surface area contributed by atoms with Crippen molar-refractivity contribution in [1.82, 2.24) is 15.8 Å². The van der Waals surface area contributed by atoms with E-state index in [4.69, 9.17) is 4.52 Å². The third-order valence-corrected chi connectivity index (χ3v) is 2.86. The van der Waals surface area contributed by atoms with Crippen molar-refractivity contribution in [2.24, 2.45) is 0 Å². The van der Waals surface area contributed by atoms with Gasteiger partial charge in [0.25, 0.3) is 5.91 Å². The lowest BCUT2D eigenvalue weighted by atomic mass is 10.1. The molecular weight excluding hydrogens is 242 g/mol. The van der Waals surface area contributed by atoms with E-state index in [2.05, 4.69) is 15.8 Å². The molecule has 1 amide bonds. The van der Waals surface area contributed by atoms with Gasteiger partial charge in [-0.15, -0.1) is 0 Å². The Morgan fingerprint density at radius 3 is 2.79 bits per heavy atom. The van der Waals surface area contributed by atoms with Crippen LogP contribution in [0.15, 0.2) is 40.9 Å². The molecule has 0 aliphatic rings. The van der Waals surface area contributed by atoms with Gasteiger partial charge < -0.3 is 15.2 Å². The van der Waals surface area contributed by atoms with E-state index >= 15 is 0 Å². The molecule has 1 unspecified atom stereocenters. The van der Waals surface area contributed by atoms with Crippen molar-refractivity contribution in [1.29, 1.82) is 0 Å². The monoisotopic (exact) mass is 259 g/mol. The molecule has 0 aliphatic heterocycles. The zero-order valence-electron chi connectivity index (χ0n) is 11.0. The van der Waals surface area contributed by atoms with E-state index in [-0.39, 0.29) is 11.9 Å². The van der Waals surface area contributed by atoms with Crippen LogP contribution in [0.1, 0.15) is 17.4 Å². The Balaban J connectivity index is 2.03. The van der Waals surface area contributed by atoms with Gasteiger partial charge in [-0.05, 0) is 14.0 Å². The summed E-state index contributed by atoms with van der Waals surface area (Å²) in [5.74, 6) is 0.362. The van der Waals surface area contributed by atoms with E-state index in [0.29, 0.717) is 18.0 Å². The molecule has 0 bridgehead atoms. The van der Waals surface area contributed by atoms with Gasteiger partial charge in [0.15, 0.2) is 11.5 Å². The van der Waals surface area contributed by atoms with Crippen LogP contribution in [0.5, 0.6) is 0 Å². The van der Waals surface area contributed by atoms with Crippen molar-refractivity contribution < 1.29 is 9.32 Å². The number of nitrogens with one attached hydrogen (secondary N) is 2. The number of rotatable bonds is 5. The molecule has 1 aromatic heterocycles. The van der Waals surface area contributed by atoms with Crippen LogP contribution in [0.25, 0.3) is 11.3 Å². The van der Waals surface area contributed by atoms with Gasteiger partial charge in [0, 0.05) is 24.2 Å². The Kier molecular flexibility index (Phi) is 4.30. The molecule has 100 valence electrons. The number of hydrogen-bond donors (Lipinski definition) is 2. The minimum absolute atomic E-state index is 0.212. The molecule has 0 spiro atoms. The summed E-state index contributed by atoms with van der Waals surface area (Å²) in [4.78, 5) is 11.8.